The summed E-state index contributed by atoms with van der Waals surface area (Å²) in [6.07, 6.45) is 7.02. The standard InChI is InChI=1S/C19H25ClO5/c1-3-9-24-19-16(20)11-14(12-17(19)22-2)7-8-18(21)25-13-15-6-4-5-10-23-15/h7-8,11-12,15H,3-6,9-10,13H2,1-2H3/b8-7+. The van der Waals surface area contributed by atoms with E-state index < -0.39 is 5.97 Å². The topological polar surface area (TPSA) is 54.0 Å². The molecule has 25 heavy (non-hydrogen) atoms. The van der Waals surface area contributed by atoms with Crippen LogP contribution in [-0.2, 0) is 14.3 Å². The maximum atomic E-state index is 11.9. The highest BCUT2D eigenvalue weighted by atomic mass is 35.5. The molecule has 1 unspecified atom stereocenters. The molecule has 0 aromatic heterocycles. The van der Waals surface area contributed by atoms with Gasteiger partial charge in [0, 0.05) is 12.7 Å². The van der Waals surface area contributed by atoms with E-state index >= 15 is 0 Å². The Bertz CT molecular complexity index is 594. The Morgan fingerprint density at radius 2 is 2.24 bits per heavy atom. The van der Waals surface area contributed by atoms with Crippen LogP contribution in [0.1, 0.15) is 38.2 Å². The number of esters is 1. The molecule has 2 rings (SSSR count). The highest BCUT2D eigenvalue weighted by molar-refractivity contribution is 6.32. The number of carbonyl (C=O) groups is 1. The van der Waals surface area contributed by atoms with Crippen molar-refractivity contribution < 1.29 is 23.7 Å². The number of rotatable bonds is 8. The second kappa shape index (κ2) is 10.3. The minimum Gasteiger partial charge on any atom is -0.493 e. The fraction of sp³-hybridized carbons (Fsp3) is 0.526. The molecular weight excluding hydrogens is 344 g/mol. The Hall–Kier alpha value is -1.72. The third kappa shape index (κ3) is 6.25. The summed E-state index contributed by atoms with van der Waals surface area (Å²) >= 11 is 6.26. The van der Waals surface area contributed by atoms with Gasteiger partial charge < -0.3 is 18.9 Å². The monoisotopic (exact) mass is 368 g/mol. The first-order valence-corrected chi connectivity index (χ1v) is 8.98. The fourth-order valence-corrected chi connectivity index (χ4v) is 2.78. The summed E-state index contributed by atoms with van der Waals surface area (Å²) in [6.45, 7) is 3.60. The maximum Gasteiger partial charge on any atom is 0.330 e. The first kappa shape index (κ1) is 19.6. The van der Waals surface area contributed by atoms with Crippen LogP contribution in [-0.4, -0.2) is 39.0 Å². The number of hydrogen-bond donors (Lipinski definition) is 0. The maximum absolute atomic E-state index is 11.9. The summed E-state index contributed by atoms with van der Waals surface area (Å²) in [5, 5.41) is 0.441. The van der Waals surface area contributed by atoms with E-state index in [1.54, 1.807) is 25.3 Å². The second-order valence-electron chi connectivity index (χ2n) is 5.83. The SMILES string of the molecule is CCCOc1c(Cl)cc(/C=C/C(=O)OCC2CCCCO2)cc1OC. The van der Waals surface area contributed by atoms with E-state index in [4.69, 9.17) is 30.5 Å². The molecule has 1 saturated heterocycles. The molecule has 0 bridgehead atoms. The van der Waals surface area contributed by atoms with Gasteiger partial charge in [-0.25, -0.2) is 4.79 Å². The second-order valence-corrected chi connectivity index (χ2v) is 6.24. The number of benzene rings is 1. The van der Waals surface area contributed by atoms with Crippen molar-refractivity contribution in [3.8, 4) is 11.5 Å². The molecule has 6 heteroatoms. The molecule has 0 amide bonds. The van der Waals surface area contributed by atoms with E-state index in [0.29, 0.717) is 23.1 Å². The van der Waals surface area contributed by atoms with Crippen LogP contribution in [0.3, 0.4) is 0 Å². The van der Waals surface area contributed by atoms with Gasteiger partial charge in [0.2, 0.25) is 0 Å². The van der Waals surface area contributed by atoms with Gasteiger partial charge in [0.25, 0.3) is 0 Å². The van der Waals surface area contributed by atoms with Gasteiger partial charge in [-0.3, -0.25) is 0 Å². The predicted octanol–water partition coefficient (Wildman–Crippen LogP) is 4.26. The molecular formula is C19H25ClO5. The number of hydrogen-bond acceptors (Lipinski definition) is 5. The van der Waals surface area contributed by atoms with Crippen LogP contribution in [0.5, 0.6) is 11.5 Å². The first-order chi connectivity index (χ1) is 12.1. The highest BCUT2D eigenvalue weighted by Gasteiger charge is 2.15. The van der Waals surface area contributed by atoms with Crippen LogP contribution in [0, 0.1) is 0 Å². The Balaban J connectivity index is 1.94. The summed E-state index contributed by atoms with van der Waals surface area (Å²) in [7, 11) is 1.55. The van der Waals surface area contributed by atoms with E-state index in [0.717, 1.165) is 37.9 Å². The molecule has 1 atom stereocenters. The van der Waals surface area contributed by atoms with Crippen molar-refractivity contribution in [1.29, 1.82) is 0 Å². The fourth-order valence-electron chi connectivity index (χ4n) is 2.51. The Morgan fingerprint density at radius 1 is 1.40 bits per heavy atom. The zero-order chi connectivity index (χ0) is 18.1. The van der Waals surface area contributed by atoms with Gasteiger partial charge >= 0.3 is 5.97 Å². The summed E-state index contributed by atoms with van der Waals surface area (Å²) in [4.78, 5) is 11.9. The van der Waals surface area contributed by atoms with Crippen molar-refractivity contribution in [2.24, 2.45) is 0 Å². The summed E-state index contributed by atoms with van der Waals surface area (Å²) in [6, 6.07) is 3.49. The lowest BCUT2D eigenvalue weighted by atomic mass is 10.1. The van der Waals surface area contributed by atoms with Crippen LogP contribution in [0.4, 0.5) is 0 Å². The van der Waals surface area contributed by atoms with Crippen LogP contribution < -0.4 is 9.47 Å². The molecule has 1 aliphatic heterocycles. The van der Waals surface area contributed by atoms with E-state index in [9.17, 15) is 4.79 Å². The largest absolute Gasteiger partial charge is 0.493 e. The van der Waals surface area contributed by atoms with Gasteiger partial charge in [0.1, 0.15) is 6.61 Å². The molecule has 1 heterocycles. The van der Waals surface area contributed by atoms with Crippen molar-refractivity contribution in [3.05, 3.63) is 28.8 Å². The van der Waals surface area contributed by atoms with Crippen molar-refractivity contribution in [2.45, 2.75) is 38.7 Å². The van der Waals surface area contributed by atoms with E-state index in [1.807, 2.05) is 6.92 Å². The van der Waals surface area contributed by atoms with Crippen molar-refractivity contribution in [3.63, 3.8) is 0 Å². The van der Waals surface area contributed by atoms with Gasteiger partial charge in [-0.05, 0) is 49.5 Å². The lowest BCUT2D eigenvalue weighted by molar-refractivity contribution is -0.143. The molecule has 0 aliphatic carbocycles. The van der Waals surface area contributed by atoms with Crippen LogP contribution in [0.25, 0.3) is 6.08 Å². The number of carbonyl (C=O) groups excluding carboxylic acids is 1. The van der Waals surface area contributed by atoms with E-state index in [-0.39, 0.29) is 12.7 Å². The average Bonchev–Trinajstić information content (AvgIpc) is 2.64. The molecule has 1 fully saturated rings. The van der Waals surface area contributed by atoms with E-state index in [1.165, 1.54) is 6.08 Å². The highest BCUT2D eigenvalue weighted by Crippen LogP contribution is 2.36. The molecule has 0 N–H and O–H groups in total. The van der Waals surface area contributed by atoms with Crippen LogP contribution in [0.15, 0.2) is 18.2 Å². The van der Waals surface area contributed by atoms with E-state index in [2.05, 4.69) is 0 Å². The Kier molecular flexibility index (Phi) is 8.09. The molecule has 1 aliphatic rings. The normalized spacial score (nSPS) is 17.5. The number of halogens is 1. The van der Waals surface area contributed by atoms with Crippen molar-refractivity contribution in [2.75, 3.05) is 26.9 Å². The minimum absolute atomic E-state index is 0.00985. The first-order valence-electron chi connectivity index (χ1n) is 8.60. The number of ether oxygens (including phenoxy) is 4. The molecule has 0 saturated carbocycles. The molecule has 1 aromatic carbocycles. The Morgan fingerprint density at radius 3 is 2.92 bits per heavy atom. The van der Waals surface area contributed by atoms with Gasteiger partial charge in [0.15, 0.2) is 11.5 Å². The minimum atomic E-state index is -0.407. The lowest BCUT2D eigenvalue weighted by Gasteiger charge is -2.21. The summed E-state index contributed by atoms with van der Waals surface area (Å²) in [5.74, 6) is 0.639. The molecule has 0 spiro atoms. The third-order valence-corrected chi connectivity index (χ3v) is 4.08. The van der Waals surface area contributed by atoms with Gasteiger partial charge in [-0.2, -0.15) is 0 Å². The zero-order valence-electron chi connectivity index (χ0n) is 14.8. The van der Waals surface area contributed by atoms with Gasteiger partial charge in [0.05, 0.1) is 24.8 Å². The molecule has 1 aromatic rings. The summed E-state index contributed by atoms with van der Waals surface area (Å²) in [5.41, 5.74) is 0.733. The quantitative estimate of drug-likeness (QED) is 0.506. The smallest absolute Gasteiger partial charge is 0.330 e. The van der Waals surface area contributed by atoms with Gasteiger partial charge in [-0.1, -0.05) is 18.5 Å². The van der Waals surface area contributed by atoms with Crippen LogP contribution >= 0.6 is 11.6 Å². The van der Waals surface area contributed by atoms with Crippen molar-refractivity contribution >= 4 is 23.6 Å². The molecule has 0 radical (unpaired) electrons. The predicted molar refractivity (Wildman–Crippen MR) is 97.4 cm³/mol. The Labute approximate surface area is 153 Å². The van der Waals surface area contributed by atoms with Crippen LogP contribution in [0.2, 0.25) is 5.02 Å². The summed E-state index contributed by atoms with van der Waals surface area (Å²) < 4.78 is 21.7. The van der Waals surface area contributed by atoms with Gasteiger partial charge in [-0.15, -0.1) is 0 Å². The zero-order valence-corrected chi connectivity index (χ0v) is 15.5. The molecule has 138 valence electrons. The van der Waals surface area contributed by atoms with Crippen molar-refractivity contribution in [1.82, 2.24) is 0 Å². The third-order valence-electron chi connectivity index (χ3n) is 3.80. The average molecular weight is 369 g/mol. The molecule has 5 nitrogen and oxygen atoms in total. The lowest BCUT2D eigenvalue weighted by Crippen LogP contribution is -2.25. The number of methoxy groups -OCH3 is 1.